The molecular weight excluding hydrogens is 350 g/mol. The van der Waals surface area contributed by atoms with Crippen LogP contribution in [-0.2, 0) is 22.2 Å². The molecule has 0 aromatic heterocycles. The van der Waals surface area contributed by atoms with Crippen LogP contribution in [0.15, 0.2) is 35.5 Å². The Balaban J connectivity index is 2.25. The highest BCUT2D eigenvalue weighted by atomic mass is 16.5. The average molecular weight is 380 g/mol. The van der Waals surface area contributed by atoms with Gasteiger partial charge in [-0.25, -0.2) is 0 Å². The van der Waals surface area contributed by atoms with Crippen LogP contribution in [0.3, 0.4) is 0 Å². The van der Waals surface area contributed by atoms with E-state index in [0.717, 1.165) is 35.1 Å². The van der Waals surface area contributed by atoms with Crippen molar-refractivity contribution < 1.29 is 9.53 Å². The maximum absolute atomic E-state index is 11.6. The molecule has 28 heavy (non-hydrogen) atoms. The summed E-state index contributed by atoms with van der Waals surface area (Å²) in [5.41, 5.74) is 6.76. The van der Waals surface area contributed by atoms with E-state index in [0.29, 0.717) is 5.75 Å². The Bertz CT molecular complexity index is 941. The largest absolute Gasteiger partial charge is 0.426 e. The highest BCUT2D eigenvalue weighted by Crippen LogP contribution is 2.48. The minimum atomic E-state index is -0.361. The minimum absolute atomic E-state index is 0.0802. The van der Waals surface area contributed by atoms with Gasteiger partial charge in [-0.2, -0.15) is 4.91 Å². The molecule has 2 aromatic rings. The molecular formula is C24H29NO3. The molecule has 0 saturated heterocycles. The second-order valence-corrected chi connectivity index (χ2v) is 9.19. The Morgan fingerprint density at radius 1 is 1.00 bits per heavy atom. The lowest BCUT2D eigenvalue weighted by molar-refractivity contribution is -0.131. The molecule has 0 heterocycles. The number of fused-ring (bicyclic) bond motifs is 1. The van der Waals surface area contributed by atoms with Gasteiger partial charge in [-0.05, 0) is 76.6 Å². The van der Waals surface area contributed by atoms with Crippen molar-refractivity contribution >= 4 is 5.97 Å². The van der Waals surface area contributed by atoms with Gasteiger partial charge in [0.1, 0.15) is 12.3 Å². The first-order valence-electron chi connectivity index (χ1n) is 9.81. The molecule has 0 unspecified atom stereocenters. The van der Waals surface area contributed by atoms with Crippen molar-refractivity contribution in [2.45, 2.75) is 71.8 Å². The SMILES string of the molecule is CC(=O)Oc1ccc(CN=O)cc1-c1cc2c(cc1C)C(C)(C)CCC2(C)C. The lowest BCUT2D eigenvalue weighted by Gasteiger charge is -2.42. The van der Waals surface area contributed by atoms with Gasteiger partial charge in [0.05, 0.1) is 0 Å². The molecule has 3 rings (SSSR count). The maximum Gasteiger partial charge on any atom is 0.308 e. The van der Waals surface area contributed by atoms with E-state index in [9.17, 15) is 9.70 Å². The Hall–Kier alpha value is -2.49. The van der Waals surface area contributed by atoms with Gasteiger partial charge in [0.25, 0.3) is 0 Å². The first kappa shape index (κ1) is 20.2. The normalized spacial score (nSPS) is 16.9. The zero-order chi connectivity index (χ0) is 20.7. The summed E-state index contributed by atoms with van der Waals surface area (Å²) in [6.45, 7) is 12.8. The third-order valence-corrected chi connectivity index (χ3v) is 6.03. The van der Waals surface area contributed by atoms with Gasteiger partial charge in [0.15, 0.2) is 0 Å². The zero-order valence-corrected chi connectivity index (χ0v) is 17.7. The second kappa shape index (κ2) is 7.16. The minimum Gasteiger partial charge on any atom is -0.426 e. The predicted molar refractivity (Wildman–Crippen MR) is 113 cm³/mol. The molecule has 0 aliphatic heterocycles. The third-order valence-electron chi connectivity index (χ3n) is 6.03. The van der Waals surface area contributed by atoms with Crippen molar-refractivity contribution in [2.75, 3.05) is 0 Å². The second-order valence-electron chi connectivity index (χ2n) is 9.19. The quantitative estimate of drug-likeness (QED) is 0.361. The molecule has 4 nitrogen and oxygen atoms in total. The van der Waals surface area contributed by atoms with Crippen molar-refractivity contribution in [1.82, 2.24) is 0 Å². The van der Waals surface area contributed by atoms with Crippen LogP contribution in [0.4, 0.5) is 0 Å². The lowest BCUT2D eigenvalue weighted by atomic mass is 9.62. The number of benzene rings is 2. The Morgan fingerprint density at radius 2 is 1.61 bits per heavy atom. The fourth-order valence-electron chi connectivity index (χ4n) is 4.22. The fraction of sp³-hybridized carbons (Fsp3) is 0.458. The van der Waals surface area contributed by atoms with Gasteiger partial charge >= 0.3 is 5.97 Å². The first-order chi connectivity index (χ1) is 13.0. The van der Waals surface area contributed by atoms with Gasteiger partial charge in [-0.15, -0.1) is 0 Å². The Morgan fingerprint density at radius 3 is 2.18 bits per heavy atom. The summed E-state index contributed by atoms with van der Waals surface area (Å²) in [4.78, 5) is 22.4. The van der Waals surface area contributed by atoms with E-state index in [1.165, 1.54) is 18.1 Å². The molecule has 0 fully saturated rings. The Kier molecular flexibility index (Phi) is 5.18. The summed E-state index contributed by atoms with van der Waals surface area (Å²) < 4.78 is 5.48. The highest BCUT2D eigenvalue weighted by Gasteiger charge is 2.37. The van der Waals surface area contributed by atoms with E-state index < -0.39 is 0 Å². The molecule has 0 atom stereocenters. The molecule has 148 valence electrons. The van der Waals surface area contributed by atoms with Gasteiger partial charge in [-0.1, -0.05) is 45.0 Å². The number of nitroso groups, excluding NO2 is 1. The standard InChI is InChI=1S/C24H29NO3/c1-15-11-20-21(24(5,6)10-9-23(20,3)4)13-18(15)19-12-17(14-25-27)7-8-22(19)28-16(2)26/h7-8,11-13H,9-10,14H2,1-6H3. The molecule has 2 aromatic carbocycles. The van der Waals surface area contributed by atoms with Gasteiger partial charge in [0.2, 0.25) is 0 Å². The van der Waals surface area contributed by atoms with Crippen molar-refractivity contribution in [2.24, 2.45) is 5.18 Å². The van der Waals surface area contributed by atoms with E-state index in [-0.39, 0.29) is 23.3 Å². The molecule has 0 saturated carbocycles. The van der Waals surface area contributed by atoms with E-state index in [4.69, 9.17) is 4.74 Å². The molecule has 1 aliphatic rings. The van der Waals surface area contributed by atoms with Crippen LogP contribution in [0.25, 0.3) is 11.1 Å². The summed E-state index contributed by atoms with van der Waals surface area (Å²) in [7, 11) is 0. The number of hydrogen-bond donors (Lipinski definition) is 0. The smallest absolute Gasteiger partial charge is 0.308 e. The number of ether oxygens (including phenoxy) is 1. The van der Waals surface area contributed by atoms with E-state index in [2.05, 4.69) is 51.9 Å². The number of hydrogen-bond acceptors (Lipinski definition) is 4. The van der Waals surface area contributed by atoms with Crippen LogP contribution >= 0.6 is 0 Å². The van der Waals surface area contributed by atoms with E-state index in [1.807, 2.05) is 6.07 Å². The van der Waals surface area contributed by atoms with Crippen molar-refractivity contribution in [3.63, 3.8) is 0 Å². The molecule has 0 radical (unpaired) electrons. The number of esters is 1. The van der Waals surface area contributed by atoms with Crippen LogP contribution in [0, 0.1) is 11.8 Å². The average Bonchev–Trinajstić information content (AvgIpc) is 2.60. The van der Waals surface area contributed by atoms with Gasteiger partial charge in [-0.3, -0.25) is 4.79 Å². The van der Waals surface area contributed by atoms with Crippen LogP contribution in [0.2, 0.25) is 0 Å². The Labute approximate surface area is 167 Å². The van der Waals surface area contributed by atoms with Crippen LogP contribution < -0.4 is 4.74 Å². The third kappa shape index (κ3) is 3.73. The highest BCUT2D eigenvalue weighted by molar-refractivity contribution is 5.79. The summed E-state index contributed by atoms with van der Waals surface area (Å²) in [6.07, 6.45) is 2.28. The van der Waals surface area contributed by atoms with Crippen molar-refractivity contribution in [1.29, 1.82) is 0 Å². The summed E-state index contributed by atoms with van der Waals surface area (Å²) in [6, 6.07) is 9.99. The summed E-state index contributed by atoms with van der Waals surface area (Å²) in [5.74, 6) is 0.151. The molecule has 0 amide bonds. The van der Waals surface area contributed by atoms with Crippen molar-refractivity contribution in [3.8, 4) is 16.9 Å². The number of rotatable bonds is 4. The summed E-state index contributed by atoms with van der Waals surface area (Å²) >= 11 is 0. The number of carbonyl (C=O) groups is 1. The predicted octanol–water partition coefficient (Wildman–Crippen LogP) is 6.20. The van der Waals surface area contributed by atoms with Crippen LogP contribution in [0.5, 0.6) is 5.75 Å². The number of nitrogens with zero attached hydrogens (tertiary/aromatic N) is 1. The molecule has 0 spiro atoms. The molecule has 4 heteroatoms. The number of carbonyl (C=O) groups excluding carboxylic acids is 1. The lowest BCUT2D eigenvalue weighted by Crippen LogP contribution is -2.34. The maximum atomic E-state index is 11.6. The zero-order valence-electron chi connectivity index (χ0n) is 17.7. The topological polar surface area (TPSA) is 55.7 Å². The fourth-order valence-corrected chi connectivity index (χ4v) is 4.22. The molecule has 1 aliphatic carbocycles. The number of aryl methyl sites for hydroxylation is 1. The molecule has 0 N–H and O–H groups in total. The van der Waals surface area contributed by atoms with Crippen LogP contribution in [-0.4, -0.2) is 5.97 Å². The first-order valence-corrected chi connectivity index (χ1v) is 9.81. The monoisotopic (exact) mass is 379 g/mol. The molecule has 0 bridgehead atoms. The van der Waals surface area contributed by atoms with Crippen molar-refractivity contribution in [3.05, 3.63) is 57.5 Å². The summed E-state index contributed by atoms with van der Waals surface area (Å²) in [5, 5.41) is 3.01. The van der Waals surface area contributed by atoms with E-state index >= 15 is 0 Å². The van der Waals surface area contributed by atoms with Gasteiger partial charge < -0.3 is 4.74 Å². The van der Waals surface area contributed by atoms with E-state index in [1.54, 1.807) is 12.1 Å². The van der Waals surface area contributed by atoms with Gasteiger partial charge in [0, 0.05) is 12.5 Å². The van der Waals surface area contributed by atoms with Crippen LogP contribution in [0.1, 0.15) is 69.7 Å².